The Morgan fingerprint density at radius 3 is 2.22 bits per heavy atom. The molecule has 0 aliphatic rings. The van der Waals surface area contributed by atoms with E-state index < -0.39 is 10.0 Å². The van der Waals surface area contributed by atoms with Crippen LogP contribution < -0.4 is 10.0 Å². The number of hydrogen-bond acceptors (Lipinski definition) is 9. The molecule has 0 saturated carbocycles. The maximum Gasteiger partial charge on any atom is 0.264 e. The zero-order valence-electron chi connectivity index (χ0n) is 20.7. The van der Waals surface area contributed by atoms with Crippen molar-refractivity contribution in [2.45, 2.75) is 39.1 Å². The average Bonchev–Trinajstić information content (AvgIpc) is 3.62. The summed E-state index contributed by atoms with van der Waals surface area (Å²) in [5.41, 5.74) is 5.71. The number of oxazole rings is 1. The van der Waals surface area contributed by atoms with Crippen LogP contribution in [0, 0.1) is 27.7 Å². The molecule has 2 aromatic carbocycles. The van der Waals surface area contributed by atoms with Gasteiger partial charge < -0.3 is 18.8 Å². The van der Waals surface area contributed by atoms with Crippen molar-refractivity contribution in [3.05, 3.63) is 83.0 Å². The topological polar surface area (TPSA) is 136 Å². The van der Waals surface area contributed by atoms with Gasteiger partial charge in [0.1, 0.15) is 6.26 Å². The lowest BCUT2D eigenvalue weighted by Gasteiger charge is -2.16. The first-order valence-corrected chi connectivity index (χ1v) is 13.0. The molecule has 0 spiro atoms. The van der Waals surface area contributed by atoms with Crippen molar-refractivity contribution < 1.29 is 21.9 Å². The lowest BCUT2D eigenvalue weighted by Crippen LogP contribution is -2.14. The van der Waals surface area contributed by atoms with Crippen molar-refractivity contribution in [3.63, 3.8) is 0 Å². The predicted molar refractivity (Wildman–Crippen MR) is 137 cm³/mol. The van der Waals surface area contributed by atoms with Crippen LogP contribution in [0.3, 0.4) is 0 Å². The van der Waals surface area contributed by atoms with Gasteiger partial charge in [-0.15, -0.1) is 0 Å². The van der Waals surface area contributed by atoms with E-state index >= 15 is 0 Å². The van der Waals surface area contributed by atoms with Crippen molar-refractivity contribution in [3.8, 4) is 22.6 Å². The third-order valence-electron chi connectivity index (χ3n) is 6.23. The largest absolute Gasteiger partial charge is 0.445 e. The van der Waals surface area contributed by atoms with Crippen LogP contribution in [0.25, 0.3) is 22.6 Å². The summed E-state index contributed by atoms with van der Waals surface area (Å²) in [5.74, 6) is 1.09. The summed E-state index contributed by atoms with van der Waals surface area (Å²) in [6, 6.07) is 12.4. The van der Waals surface area contributed by atoms with Gasteiger partial charge in [0.25, 0.3) is 10.0 Å². The minimum absolute atomic E-state index is 0.0876. The van der Waals surface area contributed by atoms with Crippen LogP contribution in [0.1, 0.15) is 28.1 Å². The van der Waals surface area contributed by atoms with Crippen LogP contribution in [-0.4, -0.2) is 23.7 Å². The summed E-state index contributed by atoms with van der Waals surface area (Å²) in [6.07, 6.45) is 3.07. The van der Waals surface area contributed by atoms with Crippen LogP contribution in [-0.2, 0) is 16.6 Å². The van der Waals surface area contributed by atoms with Gasteiger partial charge in [-0.1, -0.05) is 34.6 Å². The fourth-order valence-corrected chi connectivity index (χ4v) is 5.14. The summed E-state index contributed by atoms with van der Waals surface area (Å²) in [7, 11) is -4.01. The summed E-state index contributed by atoms with van der Waals surface area (Å²) < 4.78 is 45.6. The molecule has 5 aromatic rings. The van der Waals surface area contributed by atoms with Gasteiger partial charge in [-0.25, -0.2) is 18.1 Å². The first kappa shape index (κ1) is 24.3. The Labute approximate surface area is 213 Å². The Morgan fingerprint density at radius 2 is 1.57 bits per heavy atom. The number of anilines is 2. The third-order valence-corrected chi connectivity index (χ3v) is 7.62. The molecule has 0 saturated heterocycles. The second-order valence-corrected chi connectivity index (χ2v) is 10.3. The number of benzene rings is 2. The summed E-state index contributed by atoms with van der Waals surface area (Å²) in [5, 5.41) is 11.1. The van der Waals surface area contributed by atoms with E-state index in [1.807, 2.05) is 32.0 Å². The van der Waals surface area contributed by atoms with Gasteiger partial charge in [0.15, 0.2) is 0 Å². The lowest BCUT2D eigenvalue weighted by molar-refractivity contribution is 0.426. The molecule has 0 aliphatic heterocycles. The molecule has 0 bridgehead atoms. The van der Waals surface area contributed by atoms with Crippen LogP contribution in [0.4, 0.5) is 11.8 Å². The molecule has 190 valence electrons. The monoisotopic (exact) mass is 519 g/mol. The van der Waals surface area contributed by atoms with E-state index in [-0.39, 0.29) is 10.8 Å². The van der Waals surface area contributed by atoms with Gasteiger partial charge in [0.2, 0.25) is 17.7 Å². The highest BCUT2D eigenvalue weighted by molar-refractivity contribution is 7.92. The average molecular weight is 520 g/mol. The molecule has 0 unspecified atom stereocenters. The third kappa shape index (κ3) is 4.73. The van der Waals surface area contributed by atoms with E-state index in [1.165, 1.54) is 6.26 Å². The molecule has 3 heterocycles. The Morgan fingerprint density at radius 1 is 0.865 bits per heavy atom. The second-order valence-electron chi connectivity index (χ2n) is 8.61. The molecule has 37 heavy (non-hydrogen) atoms. The Hall–Kier alpha value is -4.38. The van der Waals surface area contributed by atoms with Gasteiger partial charge in [-0.2, -0.15) is 0 Å². The Kier molecular flexibility index (Phi) is 6.30. The first-order chi connectivity index (χ1) is 17.7. The van der Waals surface area contributed by atoms with E-state index in [1.54, 1.807) is 44.3 Å². The Bertz CT molecular complexity index is 1670. The molecular formula is C26H25N5O5S. The number of aryl methyl sites for hydroxylation is 2. The van der Waals surface area contributed by atoms with Gasteiger partial charge in [0, 0.05) is 28.8 Å². The van der Waals surface area contributed by atoms with Crippen molar-refractivity contribution >= 4 is 21.8 Å². The maximum atomic E-state index is 13.5. The number of nitrogens with zero attached hydrogens (tertiary/aromatic N) is 3. The zero-order valence-corrected chi connectivity index (χ0v) is 21.5. The van der Waals surface area contributed by atoms with Gasteiger partial charge in [-0.05, 0) is 57.0 Å². The molecule has 0 aliphatic carbocycles. The van der Waals surface area contributed by atoms with Crippen molar-refractivity contribution in [2.24, 2.45) is 0 Å². The fraction of sp³-hybridized carbons (Fsp3) is 0.192. The van der Waals surface area contributed by atoms with Gasteiger partial charge >= 0.3 is 0 Å². The van der Waals surface area contributed by atoms with E-state index in [2.05, 4.69) is 25.3 Å². The van der Waals surface area contributed by atoms with Gasteiger partial charge in [-0.3, -0.25) is 0 Å². The molecule has 11 heteroatoms. The normalized spacial score (nSPS) is 11.6. The molecule has 3 aromatic heterocycles. The Balaban J connectivity index is 1.58. The highest BCUT2D eigenvalue weighted by Gasteiger charge is 2.24. The molecule has 0 amide bonds. The molecule has 10 nitrogen and oxygen atoms in total. The number of nitrogens with one attached hydrogen (secondary N) is 2. The molecule has 5 rings (SSSR count). The highest BCUT2D eigenvalue weighted by atomic mass is 32.2. The maximum absolute atomic E-state index is 13.5. The number of aromatic nitrogens is 3. The summed E-state index contributed by atoms with van der Waals surface area (Å²) in [4.78, 5) is 4.34. The smallest absolute Gasteiger partial charge is 0.264 e. The highest BCUT2D eigenvalue weighted by Crippen LogP contribution is 2.34. The van der Waals surface area contributed by atoms with Crippen LogP contribution in [0.2, 0.25) is 0 Å². The van der Waals surface area contributed by atoms with E-state index in [0.29, 0.717) is 40.7 Å². The van der Waals surface area contributed by atoms with E-state index in [4.69, 9.17) is 13.5 Å². The van der Waals surface area contributed by atoms with E-state index in [0.717, 1.165) is 22.4 Å². The van der Waals surface area contributed by atoms with Crippen molar-refractivity contribution in [1.82, 2.24) is 15.3 Å². The van der Waals surface area contributed by atoms with Gasteiger partial charge in [0.05, 0.1) is 22.5 Å². The molecule has 0 atom stereocenters. The van der Waals surface area contributed by atoms with Crippen LogP contribution in [0.5, 0.6) is 0 Å². The minimum atomic E-state index is -4.01. The number of hydrogen-bond donors (Lipinski definition) is 2. The van der Waals surface area contributed by atoms with Crippen LogP contribution in [0.15, 0.2) is 73.3 Å². The molecule has 0 radical (unpaired) electrons. The lowest BCUT2D eigenvalue weighted by atomic mass is 9.97. The van der Waals surface area contributed by atoms with Crippen molar-refractivity contribution in [2.75, 3.05) is 10.0 Å². The standard InChI is InChI=1S/C26H25N5O5S/c1-15-17(3)29-35-24(15)28-14-20-13-19(26-27-11-12-34-26)9-10-21(20)22-7-5-6-8-23(22)37(32,33)31-25-16(2)18(4)30-36-25/h5-13,28,31H,14H2,1-4H3. The fourth-order valence-electron chi connectivity index (χ4n) is 3.87. The SMILES string of the molecule is Cc1noc(NCc2cc(-c3ncco3)ccc2-c2ccccc2S(=O)(=O)Nc2onc(C)c2C)c1C. The molecule has 0 fully saturated rings. The summed E-state index contributed by atoms with van der Waals surface area (Å²) >= 11 is 0. The quantitative estimate of drug-likeness (QED) is 0.267. The number of sulfonamides is 1. The number of rotatable bonds is 8. The molecule has 2 N–H and O–H groups in total. The summed E-state index contributed by atoms with van der Waals surface area (Å²) in [6.45, 7) is 7.61. The van der Waals surface area contributed by atoms with Crippen LogP contribution >= 0.6 is 0 Å². The van der Waals surface area contributed by atoms with Crippen molar-refractivity contribution in [1.29, 1.82) is 0 Å². The molecular weight excluding hydrogens is 494 g/mol. The second kappa shape index (κ2) is 9.58. The predicted octanol–water partition coefficient (Wildman–Crippen LogP) is 5.63. The minimum Gasteiger partial charge on any atom is -0.445 e. The van der Waals surface area contributed by atoms with E-state index in [9.17, 15) is 8.42 Å². The first-order valence-electron chi connectivity index (χ1n) is 11.5. The zero-order chi connectivity index (χ0) is 26.2.